The van der Waals surface area contributed by atoms with E-state index >= 15 is 0 Å². The van der Waals surface area contributed by atoms with Gasteiger partial charge in [-0.25, -0.2) is 13.8 Å². The van der Waals surface area contributed by atoms with Gasteiger partial charge in [-0.2, -0.15) is 9.41 Å². The second-order valence-electron chi connectivity index (χ2n) is 7.25. The van der Waals surface area contributed by atoms with Crippen LogP contribution in [0.5, 0.6) is 11.5 Å². The summed E-state index contributed by atoms with van der Waals surface area (Å²) in [6.45, 7) is -0.282. The van der Waals surface area contributed by atoms with Crippen LogP contribution < -0.4 is 10.2 Å². The number of ether oxygens (including phenoxy) is 1. The first-order valence-electron chi connectivity index (χ1n) is 10.3. The molecule has 0 unspecified atom stereocenters. The number of sulfonamides is 1. The molecule has 3 aromatic rings. The van der Waals surface area contributed by atoms with Gasteiger partial charge < -0.3 is 9.84 Å². The van der Waals surface area contributed by atoms with E-state index in [4.69, 9.17) is 4.74 Å². The maximum Gasteiger partial charge on any atom is 0.255 e. The molecule has 34 heavy (non-hydrogen) atoms. The van der Waals surface area contributed by atoms with E-state index in [0.717, 1.165) is 14.3 Å². The second kappa shape index (κ2) is 11.8. The summed E-state index contributed by atoms with van der Waals surface area (Å²) >= 11 is 3.30. The molecule has 0 saturated carbocycles. The number of phenolic OH excluding ortho intramolecular Hbond substituents is 1. The number of nitrogens with zero attached hydrogens (tertiary/aromatic N) is 2. The fraction of sp³-hybridized carbons (Fsp3) is 0.167. The third-order valence-electron chi connectivity index (χ3n) is 4.87. The van der Waals surface area contributed by atoms with Crippen molar-refractivity contribution in [2.45, 2.75) is 11.3 Å². The molecule has 0 saturated heterocycles. The van der Waals surface area contributed by atoms with Crippen molar-refractivity contribution in [3.63, 3.8) is 0 Å². The van der Waals surface area contributed by atoms with Crippen molar-refractivity contribution in [1.29, 1.82) is 0 Å². The van der Waals surface area contributed by atoms with E-state index in [1.165, 1.54) is 31.5 Å². The zero-order valence-corrected chi connectivity index (χ0v) is 20.8. The van der Waals surface area contributed by atoms with Crippen molar-refractivity contribution in [2.75, 3.05) is 20.2 Å². The summed E-state index contributed by atoms with van der Waals surface area (Å²) in [6.07, 6.45) is 1.82. The van der Waals surface area contributed by atoms with E-state index in [1.807, 2.05) is 30.3 Å². The molecule has 0 aliphatic rings. The number of hydrazone groups is 1. The lowest BCUT2D eigenvalue weighted by Crippen LogP contribution is -2.40. The van der Waals surface area contributed by atoms with Crippen LogP contribution in [-0.4, -0.2) is 50.2 Å². The molecule has 0 fully saturated rings. The van der Waals surface area contributed by atoms with Crippen molar-refractivity contribution >= 4 is 38.1 Å². The Morgan fingerprint density at radius 2 is 1.82 bits per heavy atom. The number of amides is 1. The summed E-state index contributed by atoms with van der Waals surface area (Å²) in [5.41, 5.74) is 3.90. The third-order valence-corrected chi connectivity index (χ3v) is 7.26. The van der Waals surface area contributed by atoms with Crippen molar-refractivity contribution in [3.8, 4) is 11.5 Å². The summed E-state index contributed by atoms with van der Waals surface area (Å²) in [7, 11) is -2.49. The molecule has 10 heteroatoms. The highest BCUT2D eigenvalue weighted by molar-refractivity contribution is 9.10. The Kier molecular flexibility index (Phi) is 8.80. The van der Waals surface area contributed by atoms with Crippen LogP contribution in [0.2, 0.25) is 0 Å². The molecule has 1 amide bonds. The van der Waals surface area contributed by atoms with Gasteiger partial charge in [0.1, 0.15) is 0 Å². The van der Waals surface area contributed by atoms with Gasteiger partial charge in [-0.15, -0.1) is 0 Å². The van der Waals surface area contributed by atoms with E-state index in [0.29, 0.717) is 12.0 Å². The molecule has 0 aromatic heterocycles. The van der Waals surface area contributed by atoms with E-state index in [2.05, 4.69) is 26.5 Å². The number of hydrogen-bond donors (Lipinski definition) is 2. The average molecular weight is 546 g/mol. The number of halogens is 1. The quantitative estimate of drug-likeness (QED) is 0.299. The smallest absolute Gasteiger partial charge is 0.255 e. The standard InChI is InChI=1S/C24H24BrN3O5S/c1-33-23-15-19(7-12-22(23)29)16-26-27-24(30)17-28(14-13-18-5-3-2-4-6-18)34(31,32)21-10-8-20(25)9-11-21/h2-12,15-16,29H,13-14,17H2,1H3,(H,27,30)/b26-16+. The van der Waals surface area contributed by atoms with Gasteiger partial charge >= 0.3 is 0 Å². The predicted molar refractivity (Wildman–Crippen MR) is 133 cm³/mol. The van der Waals surface area contributed by atoms with Gasteiger partial charge in [0.2, 0.25) is 10.0 Å². The fourth-order valence-electron chi connectivity index (χ4n) is 3.09. The van der Waals surface area contributed by atoms with Gasteiger partial charge in [-0.1, -0.05) is 46.3 Å². The zero-order valence-electron chi connectivity index (χ0n) is 18.4. The lowest BCUT2D eigenvalue weighted by molar-refractivity contribution is -0.121. The number of hydrogen-bond acceptors (Lipinski definition) is 6. The Morgan fingerprint density at radius 1 is 1.12 bits per heavy atom. The van der Waals surface area contributed by atoms with Crippen LogP contribution in [-0.2, 0) is 21.2 Å². The second-order valence-corrected chi connectivity index (χ2v) is 10.1. The van der Waals surface area contributed by atoms with E-state index < -0.39 is 22.5 Å². The number of carbonyl (C=O) groups excluding carboxylic acids is 1. The highest BCUT2D eigenvalue weighted by atomic mass is 79.9. The maximum atomic E-state index is 13.3. The normalized spacial score (nSPS) is 11.6. The molecule has 0 atom stereocenters. The summed E-state index contributed by atoms with van der Waals surface area (Å²) in [5, 5.41) is 13.6. The molecule has 178 valence electrons. The van der Waals surface area contributed by atoms with Crippen LogP contribution in [0, 0.1) is 0 Å². The lowest BCUT2D eigenvalue weighted by Gasteiger charge is -2.21. The minimum Gasteiger partial charge on any atom is -0.504 e. The number of aromatic hydroxyl groups is 1. The van der Waals surface area contributed by atoms with Gasteiger partial charge in [0, 0.05) is 11.0 Å². The topological polar surface area (TPSA) is 108 Å². The molecular formula is C24H24BrN3O5S. The number of nitrogens with one attached hydrogen (secondary N) is 1. The molecule has 8 nitrogen and oxygen atoms in total. The highest BCUT2D eigenvalue weighted by Gasteiger charge is 2.26. The Labute approximate surface area is 207 Å². The maximum absolute atomic E-state index is 13.3. The molecular weight excluding hydrogens is 522 g/mol. The van der Waals surface area contributed by atoms with Gasteiger partial charge in [-0.05, 0) is 60.0 Å². The van der Waals surface area contributed by atoms with Crippen LogP contribution >= 0.6 is 15.9 Å². The van der Waals surface area contributed by atoms with Gasteiger partial charge in [0.25, 0.3) is 5.91 Å². The SMILES string of the molecule is COc1cc(/C=N/NC(=O)CN(CCc2ccccc2)S(=O)(=O)c2ccc(Br)cc2)ccc1O. The number of carbonyl (C=O) groups is 1. The average Bonchev–Trinajstić information content (AvgIpc) is 2.83. The molecule has 0 spiro atoms. The number of rotatable bonds is 10. The minimum absolute atomic E-state index is 0.0177. The first kappa shape index (κ1) is 25.4. The zero-order chi connectivity index (χ0) is 24.6. The Balaban J connectivity index is 1.73. The first-order chi connectivity index (χ1) is 16.3. The van der Waals surface area contributed by atoms with Crippen molar-refractivity contribution in [1.82, 2.24) is 9.73 Å². The molecule has 2 N–H and O–H groups in total. The van der Waals surface area contributed by atoms with Crippen LogP contribution in [0.1, 0.15) is 11.1 Å². The Bertz CT molecular complexity index is 1250. The minimum atomic E-state index is -3.92. The van der Waals surface area contributed by atoms with Crippen LogP contribution in [0.15, 0.2) is 87.3 Å². The van der Waals surface area contributed by atoms with Crippen LogP contribution in [0.25, 0.3) is 0 Å². The largest absolute Gasteiger partial charge is 0.504 e. The lowest BCUT2D eigenvalue weighted by atomic mass is 10.1. The predicted octanol–water partition coefficient (Wildman–Crippen LogP) is 3.55. The highest BCUT2D eigenvalue weighted by Crippen LogP contribution is 2.25. The first-order valence-corrected chi connectivity index (χ1v) is 12.5. The molecule has 0 heterocycles. The number of phenols is 1. The molecule has 3 rings (SSSR count). The van der Waals surface area contributed by atoms with Gasteiger partial charge in [0.05, 0.1) is 24.8 Å². The van der Waals surface area contributed by atoms with Gasteiger partial charge in [-0.3, -0.25) is 4.79 Å². The molecule has 3 aromatic carbocycles. The van der Waals surface area contributed by atoms with Crippen molar-refractivity contribution in [3.05, 3.63) is 88.4 Å². The van der Waals surface area contributed by atoms with Crippen molar-refractivity contribution in [2.24, 2.45) is 5.10 Å². The number of methoxy groups -OCH3 is 1. The molecule has 0 aliphatic heterocycles. The molecule has 0 aliphatic carbocycles. The summed E-state index contributed by atoms with van der Waals surface area (Å²) < 4.78 is 33.4. The molecule has 0 bridgehead atoms. The van der Waals surface area contributed by atoms with Gasteiger partial charge in [0.15, 0.2) is 11.5 Å². The van der Waals surface area contributed by atoms with Crippen LogP contribution in [0.3, 0.4) is 0 Å². The monoisotopic (exact) mass is 545 g/mol. The Morgan fingerprint density at radius 3 is 2.50 bits per heavy atom. The summed E-state index contributed by atoms with van der Waals surface area (Å²) in [6, 6.07) is 20.3. The Hall–Kier alpha value is -3.21. The van der Waals surface area contributed by atoms with E-state index in [-0.39, 0.29) is 22.9 Å². The fourth-order valence-corrected chi connectivity index (χ4v) is 4.75. The van der Waals surface area contributed by atoms with E-state index in [1.54, 1.807) is 24.3 Å². The number of benzene rings is 3. The summed E-state index contributed by atoms with van der Waals surface area (Å²) in [5.74, 6) is -0.338. The van der Waals surface area contributed by atoms with Crippen LogP contribution in [0.4, 0.5) is 0 Å². The molecule has 0 radical (unpaired) electrons. The van der Waals surface area contributed by atoms with E-state index in [9.17, 15) is 18.3 Å². The summed E-state index contributed by atoms with van der Waals surface area (Å²) in [4.78, 5) is 12.7. The third kappa shape index (κ3) is 6.89. The van der Waals surface area contributed by atoms with Crippen molar-refractivity contribution < 1.29 is 23.1 Å².